The first-order chi connectivity index (χ1) is 27.3. The first-order valence-electron chi connectivity index (χ1n) is 25.0. The lowest BCUT2D eigenvalue weighted by molar-refractivity contribution is 0.0885. The molecule has 0 aliphatic carbocycles. The van der Waals surface area contributed by atoms with Crippen LogP contribution in [0.15, 0.2) is 0 Å². The minimum Gasteiger partial charge on any atom is -0.386 e. The Hall–Kier alpha value is 0.995. The van der Waals surface area contributed by atoms with Crippen LogP contribution in [0.3, 0.4) is 0 Å². The summed E-state index contributed by atoms with van der Waals surface area (Å²) in [5.74, 6) is 3.15. The lowest BCUT2D eigenvalue weighted by Gasteiger charge is -2.15. The lowest BCUT2D eigenvalue weighted by atomic mass is 10.0. The quantitative estimate of drug-likeness (QED) is 0.0324. The van der Waals surface area contributed by atoms with Crippen LogP contribution in [-0.4, -0.2) is 44.4 Å². The van der Waals surface area contributed by atoms with Gasteiger partial charge in [0.25, 0.3) is 0 Å². The predicted molar refractivity (Wildman–Crippen MR) is 259 cm³/mol. The first-order valence-corrected chi connectivity index (χ1v) is 26.9. The third-order valence-electron chi connectivity index (χ3n) is 11.4. The second-order valence-corrected chi connectivity index (χ2v) is 18.3. The zero-order valence-corrected chi connectivity index (χ0v) is 39.8. The van der Waals surface area contributed by atoms with E-state index >= 15 is 0 Å². The van der Waals surface area contributed by atoms with Gasteiger partial charge in [0.1, 0.15) is 0 Å². The Morgan fingerprint density at radius 2 is 0.309 bits per heavy atom. The Labute approximate surface area is 364 Å². The molecule has 0 atom stereocenters. The maximum Gasteiger partial charge on any atom is 0.639 e. The largest absolute Gasteiger partial charge is 0.639 e. The standard InChI is InChI=1S/C48H99BO3S3/c53-46-40-34-28-22-16-10-4-1-7-13-19-25-31-37-43-50-49(51-44-38-32-26-20-14-8-2-5-11-17-23-29-35-41-47-54)52-45-39-33-27-21-15-9-3-6-12-18-24-30-36-42-48-55/h53-55H,1-48H2. The summed E-state index contributed by atoms with van der Waals surface area (Å²) in [5.41, 5.74) is 0. The molecule has 0 aromatic heterocycles. The van der Waals surface area contributed by atoms with E-state index in [0.29, 0.717) is 0 Å². The minimum absolute atomic E-state index is 0.478. The highest BCUT2D eigenvalue weighted by molar-refractivity contribution is 7.80. The van der Waals surface area contributed by atoms with Crippen molar-refractivity contribution in [2.24, 2.45) is 0 Å². The van der Waals surface area contributed by atoms with Gasteiger partial charge in [-0.05, 0) is 55.8 Å². The number of thiol groups is 3. The van der Waals surface area contributed by atoms with Crippen LogP contribution in [0.4, 0.5) is 0 Å². The predicted octanol–water partition coefficient (Wildman–Crippen LogP) is 17.2. The van der Waals surface area contributed by atoms with E-state index in [4.69, 9.17) is 14.0 Å². The molecular weight excluding hydrogens is 732 g/mol. The second-order valence-electron chi connectivity index (χ2n) is 16.9. The molecule has 0 saturated carbocycles. The van der Waals surface area contributed by atoms with E-state index in [-0.39, 0.29) is 0 Å². The lowest BCUT2D eigenvalue weighted by Crippen LogP contribution is -2.28. The normalized spacial score (nSPS) is 11.6. The SMILES string of the molecule is SCCCCCCCCCCCCCCCCOB(OCCCCCCCCCCCCCCCCS)OCCCCCCCCCCCCCCCCS. The average Bonchev–Trinajstić information content (AvgIpc) is 3.20. The van der Waals surface area contributed by atoms with E-state index < -0.39 is 7.32 Å². The Balaban J connectivity index is 3.94. The molecule has 0 rings (SSSR count). The van der Waals surface area contributed by atoms with Gasteiger partial charge < -0.3 is 14.0 Å². The van der Waals surface area contributed by atoms with Gasteiger partial charge >= 0.3 is 7.32 Å². The van der Waals surface area contributed by atoms with Crippen LogP contribution in [0.2, 0.25) is 0 Å². The molecule has 3 nitrogen and oxygen atoms in total. The minimum atomic E-state index is -0.478. The van der Waals surface area contributed by atoms with Gasteiger partial charge in [0.05, 0.1) is 0 Å². The average molecular weight is 831 g/mol. The fraction of sp³-hybridized carbons (Fsp3) is 1.00. The summed E-state index contributed by atoms with van der Waals surface area (Å²) in [6.07, 6.45) is 57.2. The molecule has 0 amide bonds. The van der Waals surface area contributed by atoms with Gasteiger partial charge in [0.2, 0.25) is 0 Å². The Morgan fingerprint density at radius 3 is 0.455 bits per heavy atom. The van der Waals surface area contributed by atoms with Gasteiger partial charge in [-0.25, -0.2) is 0 Å². The van der Waals surface area contributed by atoms with Crippen LogP contribution in [0.1, 0.15) is 270 Å². The van der Waals surface area contributed by atoms with Crippen molar-refractivity contribution in [1.29, 1.82) is 0 Å². The fourth-order valence-electron chi connectivity index (χ4n) is 7.69. The fourth-order valence-corrected chi connectivity index (χ4v) is 8.36. The van der Waals surface area contributed by atoms with E-state index in [1.807, 2.05) is 0 Å². The second kappa shape index (κ2) is 53.0. The highest BCUT2D eigenvalue weighted by Gasteiger charge is 2.20. The van der Waals surface area contributed by atoms with Crippen molar-refractivity contribution in [2.75, 3.05) is 37.1 Å². The van der Waals surface area contributed by atoms with Crippen molar-refractivity contribution in [3.8, 4) is 0 Å². The summed E-state index contributed by atoms with van der Waals surface area (Å²) in [6, 6.07) is 0. The number of hydrogen-bond acceptors (Lipinski definition) is 6. The molecule has 0 unspecified atom stereocenters. The first kappa shape index (κ1) is 56.0. The van der Waals surface area contributed by atoms with Gasteiger partial charge in [0, 0.05) is 19.8 Å². The van der Waals surface area contributed by atoms with Crippen LogP contribution in [0.5, 0.6) is 0 Å². The van der Waals surface area contributed by atoms with Gasteiger partial charge in [-0.1, -0.05) is 231 Å². The van der Waals surface area contributed by atoms with Crippen molar-refractivity contribution in [3.05, 3.63) is 0 Å². The van der Waals surface area contributed by atoms with E-state index in [2.05, 4.69) is 37.9 Å². The molecule has 0 N–H and O–H groups in total. The number of hydrogen-bond donors (Lipinski definition) is 3. The topological polar surface area (TPSA) is 27.7 Å². The summed E-state index contributed by atoms with van der Waals surface area (Å²) >= 11 is 12.9. The number of unbranched alkanes of at least 4 members (excludes halogenated alkanes) is 39. The summed E-state index contributed by atoms with van der Waals surface area (Å²) in [7, 11) is -0.478. The Morgan fingerprint density at radius 1 is 0.182 bits per heavy atom. The summed E-state index contributed by atoms with van der Waals surface area (Å²) in [4.78, 5) is 0. The van der Waals surface area contributed by atoms with Gasteiger partial charge in [-0.2, -0.15) is 37.9 Å². The van der Waals surface area contributed by atoms with Crippen LogP contribution in [0, 0.1) is 0 Å². The highest BCUT2D eigenvalue weighted by Crippen LogP contribution is 2.16. The molecule has 0 saturated heterocycles. The molecule has 0 aliphatic heterocycles. The third-order valence-corrected chi connectivity index (χ3v) is 12.4. The summed E-state index contributed by atoms with van der Waals surface area (Å²) in [5, 5.41) is 0. The molecule has 55 heavy (non-hydrogen) atoms. The molecule has 0 aromatic rings. The molecule has 0 spiro atoms. The van der Waals surface area contributed by atoms with E-state index in [1.54, 1.807) is 0 Å². The Bertz CT molecular complexity index is 576. The van der Waals surface area contributed by atoms with Crippen molar-refractivity contribution in [2.45, 2.75) is 270 Å². The molecule has 0 aliphatic rings. The monoisotopic (exact) mass is 831 g/mol. The Kier molecular flexibility index (Phi) is 54.0. The van der Waals surface area contributed by atoms with Crippen molar-refractivity contribution >= 4 is 45.2 Å². The summed E-state index contributed by atoms with van der Waals surface area (Å²) in [6.45, 7) is 2.26. The zero-order valence-electron chi connectivity index (χ0n) is 37.1. The van der Waals surface area contributed by atoms with Gasteiger partial charge in [-0.15, -0.1) is 0 Å². The molecule has 0 bridgehead atoms. The smallest absolute Gasteiger partial charge is 0.386 e. The van der Waals surface area contributed by atoms with E-state index in [0.717, 1.165) is 56.3 Å². The molecule has 0 radical (unpaired) electrons. The summed E-state index contributed by atoms with van der Waals surface area (Å²) < 4.78 is 18.4. The highest BCUT2D eigenvalue weighted by atomic mass is 32.1. The van der Waals surface area contributed by atoms with Gasteiger partial charge in [0.15, 0.2) is 0 Å². The maximum absolute atomic E-state index is 6.15. The number of rotatable bonds is 51. The molecule has 7 heteroatoms. The molecule has 0 heterocycles. The van der Waals surface area contributed by atoms with Gasteiger partial charge in [-0.3, -0.25) is 0 Å². The molecule has 0 fully saturated rings. The third kappa shape index (κ3) is 51.1. The van der Waals surface area contributed by atoms with E-state index in [1.165, 1.54) is 250 Å². The van der Waals surface area contributed by atoms with Crippen LogP contribution in [0.25, 0.3) is 0 Å². The molecule has 0 aromatic carbocycles. The van der Waals surface area contributed by atoms with E-state index in [9.17, 15) is 0 Å². The molecule has 330 valence electrons. The van der Waals surface area contributed by atoms with Crippen LogP contribution in [-0.2, 0) is 14.0 Å². The molecular formula is C48H99BO3S3. The van der Waals surface area contributed by atoms with Crippen LogP contribution < -0.4 is 0 Å². The maximum atomic E-state index is 6.15. The zero-order chi connectivity index (χ0) is 39.6. The van der Waals surface area contributed by atoms with Crippen molar-refractivity contribution in [1.82, 2.24) is 0 Å². The van der Waals surface area contributed by atoms with Crippen LogP contribution >= 0.6 is 37.9 Å². The van der Waals surface area contributed by atoms with Crippen molar-refractivity contribution in [3.63, 3.8) is 0 Å². The van der Waals surface area contributed by atoms with Crippen molar-refractivity contribution < 1.29 is 14.0 Å².